The third kappa shape index (κ3) is 5.22. The minimum absolute atomic E-state index is 0.0209. The van der Waals surface area contributed by atoms with Crippen LogP contribution in [0.3, 0.4) is 0 Å². The highest BCUT2D eigenvalue weighted by Crippen LogP contribution is 2.36. The fourth-order valence-corrected chi connectivity index (χ4v) is 4.90. The molecule has 0 spiro atoms. The van der Waals surface area contributed by atoms with E-state index < -0.39 is 10.9 Å². The second-order valence-corrected chi connectivity index (χ2v) is 9.40. The summed E-state index contributed by atoms with van der Waals surface area (Å²) in [7, 11) is 0. The second kappa shape index (κ2) is 10.1. The molecule has 1 heterocycles. The molecule has 7 nitrogen and oxygen atoms in total. The van der Waals surface area contributed by atoms with Crippen LogP contribution in [-0.2, 0) is 16.1 Å². The van der Waals surface area contributed by atoms with Crippen LogP contribution in [-0.4, -0.2) is 16.8 Å². The number of aliphatic imine (C=N–C) groups is 1. The van der Waals surface area contributed by atoms with E-state index in [2.05, 4.69) is 36.9 Å². The Labute approximate surface area is 216 Å². The SMILES string of the molecule is Cc1ccccc1COc1c(Br)cc(/C=C2\N=C(c3ccc([N+](=O)[O-])cc3Cl)OC2=O)cc1Br. The van der Waals surface area contributed by atoms with Crippen molar-refractivity contribution in [2.24, 2.45) is 4.99 Å². The molecule has 10 heteroatoms. The monoisotopic (exact) mass is 604 g/mol. The number of cyclic esters (lactones) is 1. The number of carbonyl (C=O) groups is 1. The molecule has 4 rings (SSSR count). The summed E-state index contributed by atoms with van der Waals surface area (Å²) in [5, 5.41) is 11.0. The maximum atomic E-state index is 12.4. The number of hydrogen-bond acceptors (Lipinski definition) is 6. The molecule has 1 aliphatic rings. The molecule has 0 saturated heterocycles. The average Bonchev–Trinajstić information content (AvgIpc) is 3.14. The number of benzene rings is 3. The highest BCUT2D eigenvalue weighted by Gasteiger charge is 2.26. The van der Waals surface area contributed by atoms with Gasteiger partial charge in [0.2, 0.25) is 5.90 Å². The van der Waals surface area contributed by atoms with Gasteiger partial charge in [-0.15, -0.1) is 0 Å². The number of rotatable bonds is 6. The normalized spacial score (nSPS) is 14.2. The van der Waals surface area contributed by atoms with Crippen LogP contribution < -0.4 is 4.74 Å². The van der Waals surface area contributed by atoms with E-state index in [1.54, 1.807) is 18.2 Å². The van der Waals surface area contributed by atoms with Crippen LogP contribution in [0.15, 0.2) is 74.2 Å². The minimum atomic E-state index is -0.656. The summed E-state index contributed by atoms with van der Waals surface area (Å²) in [6.45, 7) is 2.43. The summed E-state index contributed by atoms with van der Waals surface area (Å²) in [6.07, 6.45) is 1.56. The Balaban J connectivity index is 1.58. The van der Waals surface area contributed by atoms with Crippen molar-refractivity contribution in [3.05, 3.63) is 107 Å². The zero-order chi connectivity index (χ0) is 24.4. The van der Waals surface area contributed by atoms with Crippen LogP contribution >= 0.6 is 43.5 Å². The summed E-state index contributed by atoms with van der Waals surface area (Å²) in [5.74, 6) is -0.0507. The predicted molar refractivity (Wildman–Crippen MR) is 136 cm³/mol. The number of ether oxygens (including phenoxy) is 2. The average molecular weight is 607 g/mol. The molecule has 172 valence electrons. The topological polar surface area (TPSA) is 91.0 Å². The van der Waals surface area contributed by atoms with Gasteiger partial charge in [-0.25, -0.2) is 9.79 Å². The number of nitro groups is 1. The fraction of sp³-hybridized carbons (Fsp3) is 0.0833. The van der Waals surface area contributed by atoms with E-state index in [0.717, 1.165) is 11.1 Å². The lowest BCUT2D eigenvalue weighted by molar-refractivity contribution is -0.384. The van der Waals surface area contributed by atoms with Crippen molar-refractivity contribution in [1.82, 2.24) is 0 Å². The summed E-state index contributed by atoms with van der Waals surface area (Å²) in [5.41, 5.74) is 3.07. The summed E-state index contributed by atoms with van der Waals surface area (Å²) in [6, 6.07) is 15.4. The summed E-state index contributed by atoms with van der Waals surface area (Å²) < 4.78 is 12.6. The maximum Gasteiger partial charge on any atom is 0.363 e. The number of halogens is 3. The van der Waals surface area contributed by atoms with Crippen LogP contribution in [0.5, 0.6) is 5.75 Å². The van der Waals surface area contributed by atoms with Crippen LogP contribution in [0.4, 0.5) is 5.69 Å². The summed E-state index contributed by atoms with van der Waals surface area (Å²) in [4.78, 5) is 26.9. The fourth-order valence-electron chi connectivity index (χ4n) is 3.20. The Hall–Kier alpha value is -3.01. The molecule has 0 bridgehead atoms. The van der Waals surface area contributed by atoms with Crippen molar-refractivity contribution in [1.29, 1.82) is 0 Å². The molecule has 0 amide bonds. The molecule has 0 unspecified atom stereocenters. The third-order valence-electron chi connectivity index (χ3n) is 4.97. The molecule has 0 aromatic heterocycles. The number of esters is 1. The lowest BCUT2D eigenvalue weighted by atomic mass is 10.1. The van der Waals surface area contributed by atoms with Crippen molar-refractivity contribution in [3.8, 4) is 5.75 Å². The van der Waals surface area contributed by atoms with E-state index in [1.807, 2.05) is 31.2 Å². The largest absolute Gasteiger partial charge is 0.487 e. The van der Waals surface area contributed by atoms with Crippen molar-refractivity contribution in [3.63, 3.8) is 0 Å². The van der Waals surface area contributed by atoms with Crippen molar-refractivity contribution >= 4 is 67.1 Å². The van der Waals surface area contributed by atoms with E-state index in [4.69, 9.17) is 21.1 Å². The molecular formula is C24H15Br2ClN2O5. The van der Waals surface area contributed by atoms with Gasteiger partial charge in [0.05, 0.1) is 24.5 Å². The van der Waals surface area contributed by atoms with Crippen molar-refractivity contribution in [2.45, 2.75) is 13.5 Å². The number of nitrogens with zero attached hydrogens (tertiary/aromatic N) is 2. The molecule has 3 aromatic carbocycles. The van der Waals surface area contributed by atoms with E-state index >= 15 is 0 Å². The van der Waals surface area contributed by atoms with E-state index in [-0.39, 0.29) is 27.9 Å². The Kier molecular flexibility index (Phi) is 7.16. The molecule has 3 aromatic rings. The number of hydrogen-bond donors (Lipinski definition) is 0. The molecule has 0 atom stereocenters. The highest BCUT2D eigenvalue weighted by atomic mass is 79.9. The lowest BCUT2D eigenvalue weighted by Crippen LogP contribution is -2.06. The third-order valence-corrected chi connectivity index (χ3v) is 6.46. The predicted octanol–water partition coefficient (Wildman–Crippen LogP) is 7.01. The van der Waals surface area contributed by atoms with Gasteiger partial charge >= 0.3 is 5.97 Å². The first-order valence-electron chi connectivity index (χ1n) is 9.86. The molecule has 0 aliphatic carbocycles. The quantitative estimate of drug-likeness (QED) is 0.130. The number of non-ortho nitro benzene ring substituents is 1. The second-order valence-electron chi connectivity index (χ2n) is 7.29. The van der Waals surface area contributed by atoms with Crippen molar-refractivity contribution < 1.29 is 19.2 Å². The van der Waals surface area contributed by atoms with Gasteiger partial charge < -0.3 is 9.47 Å². The van der Waals surface area contributed by atoms with Crippen LogP contribution in [0.25, 0.3) is 6.08 Å². The van der Waals surface area contributed by atoms with Crippen LogP contribution in [0.1, 0.15) is 22.3 Å². The number of nitro benzene ring substituents is 1. The van der Waals surface area contributed by atoms with Gasteiger partial charge in [-0.05, 0) is 79.7 Å². The Morgan fingerprint density at radius 2 is 1.85 bits per heavy atom. The molecule has 1 aliphatic heterocycles. The molecule has 0 N–H and O–H groups in total. The van der Waals surface area contributed by atoms with Gasteiger partial charge in [-0.1, -0.05) is 35.9 Å². The molecule has 0 fully saturated rings. The van der Waals surface area contributed by atoms with Crippen molar-refractivity contribution in [2.75, 3.05) is 0 Å². The molecule has 0 saturated carbocycles. The van der Waals surface area contributed by atoms with Gasteiger partial charge in [-0.2, -0.15) is 0 Å². The maximum absolute atomic E-state index is 12.4. The first-order chi connectivity index (χ1) is 16.2. The van der Waals surface area contributed by atoms with Gasteiger partial charge in [0, 0.05) is 12.1 Å². The number of aryl methyl sites for hydroxylation is 1. The Morgan fingerprint density at radius 3 is 2.50 bits per heavy atom. The molecular weight excluding hydrogens is 592 g/mol. The van der Waals surface area contributed by atoms with Crippen LogP contribution in [0, 0.1) is 17.0 Å². The summed E-state index contributed by atoms with van der Waals surface area (Å²) >= 11 is 13.2. The van der Waals surface area contributed by atoms with Crippen LogP contribution in [0.2, 0.25) is 5.02 Å². The van der Waals surface area contributed by atoms with E-state index in [1.165, 1.54) is 18.2 Å². The molecule has 34 heavy (non-hydrogen) atoms. The highest BCUT2D eigenvalue weighted by molar-refractivity contribution is 9.11. The Morgan fingerprint density at radius 1 is 1.15 bits per heavy atom. The van der Waals surface area contributed by atoms with Gasteiger partial charge in [0.1, 0.15) is 12.4 Å². The number of carbonyl (C=O) groups excluding carboxylic acids is 1. The minimum Gasteiger partial charge on any atom is -0.487 e. The first-order valence-corrected chi connectivity index (χ1v) is 11.8. The van der Waals surface area contributed by atoms with E-state index in [0.29, 0.717) is 26.9 Å². The van der Waals surface area contributed by atoms with Gasteiger partial charge in [-0.3, -0.25) is 10.1 Å². The smallest absolute Gasteiger partial charge is 0.363 e. The zero-order valence-corrected chi connectivity index (χ0v) is 21.5. The molecule has 0 radical (unpaired) electrons. The standard InChI is InChI=1S/C24H15Br2ClN2O5/c1-13-4-2-3-5-15(13)12-33-22-18(25)8-14(9-19(22)26)10-21-24(30)34-23(28-21)17-7-6-16(29(31)32)11-20(17)27/h2-11H,12H2,1H3/b21-10-. The zero-order valence-electron chi connectivity index (χ0n) is 17.6. The Bertz CT molecular complexity index is 1360. The first kappa shape index (κ1) is 24.1. The lowest BCUT2D eigenvalue weighted by Gasteiger charge is -2.12. The van der Waals surface area contributed by atoms with Gasteiger partial charge in [0.15, 0.2) is 5.70 Å². The van der Waals surface area contributed by atoms with Gasteiger partial charge in [0.25, 0.3) is 5.69 Å². The van der Waals surface area contributed by atoms with E-state index in [9.17, 15) is 14.9 Å².